The van der Waals surface area contributed by atoms with Crippen LogP contribution >= 0.6 is 0 Å². The number of nitrogens with zero attached hydrogens (tertiary/aromatic N) is 2. The minimum absolute atomic E-state index is 0.184. The van der Waals surface area contributed by atoms with Crippen LogP contribution in [0, 0.1) is 16.7 Å². The molecule has 4 nitrogen and oxygen atoms in total. The topological polar surface area (TPSA) is 45.5 Å². The molecule has 1 aliphatic heterocycles. The van der Waals surface area contributed by atoms with Crippen molar-refractivity contribution in [2.45, 2.75) is 38.9 Å². The van der Waals surface area contributed by atoms with Crippen LogP contribution in [0.3, 0.4) is 0 Å². The van der Waals surface area contributed by atoms with Gasteiger partial charge in [-0.1, -0.05) is 0 Å². The van der Waals surface area contributed by atoms with E-state index in [0.717, 1.165) is 32.5 Å². The molecule has 1 saturated heterocycles. The number of nitriles is 1. The lowest BCUT2D eigenvalue weighted by molar-refractivity contribution is -0.00461. The summed E-state index contributed by atoms with van der Waals surface area (Å²) in [4.78, 5) is 2.36. The maximum absolute atomic E-state index is 8.94. The van der Waals surface area contributed by atoms with E-state index in [2.05, 4.69) is 11.0 Å². The average molecular weight is 240 g/mol. The molecule has 17 heavy (non-hydrogen) atoms. The van der Waals surface area contributed by atoms with Crippen LogP contribution in [-0.4, -0.2) is 51.0 Å². The molecule has 1 aliphatic rings. The molecule has 2 atom stereocenters. The van der Waals surface area contributed by atoms with Gasteiger partial charge in [0, 0.05) is 27.3 Å². The third-order valence-corrected chi connectivity index (χ3v) is 3.48. The number of hydrogen-bond donors (Lipinski definition) is 0. The molecular weight excluding hydrogens is 216 g/mol. The Morgan fingerprint density at radius 1 is 1.24 bits per heavy atom. The van der Waals surface area contributed by atoms with Gasteiger partial charge in [0.2, 0.25) is 0 Å². The molecular formula is C13H24N2O2. The molecule has 0 bridgehead atoms. The Balaban J connectivity index is 2.28. The lowest BCUT2D eigenvalue weighted by Gasteiger charge is -2.19. The van der Waals surface area contributed by atoms with Gasteiger partial charge in [-0.05, 0) is 33.2 Å². The normalized spacial score (nSPS) is 26.1. The first kappa shape index (κ1) is 14.4. The Labute approximate surface area is 104 Å². The minimum atomic E-state index is -0.207. The summed E-state index contributed by atoms with van der Waals surface area (Å²) in [6.45, 7) is 6.87. The molecule has 0 aliphatic carbocycles. The van der Waals surface area contributed by atoms with E-state index < -0.39 is 0 Å². The van der Waals surface area contributed by atoms with Crippen LogP contribution in [0.2, 0.25) is 0 Å². The van der Waals surface area contributed by atoms with Crippen LogP contribution in [0.5, 0.6) is 0 Å². The fourth-order valence-corrected chi connectivity index (χ4v) is 2.25. The van der Waals surface area contributed by atoms with E-state index in [1.54, 1.807) is 14.2 Å². The van der Waals surface area contributed by atoms with E-state index in [1.165, 1.54) is 0 Å². The summed E-state index contributed by atoms with van der Waals surface area (Å²) >= 11 is 0. The lowest BCUT2D eigenvalue weighted by atomic mass is 9.90. The lowest BCUT2D eigenvalue weighted by Crippen LogP contribution is -2.27. The van der Waals surface area contributed by atoms with E-state index in [0.29, 0.717) is 0 Å². The predicted molar refractivity (Wildman–Crippen MR) is 66.7 cm³/mol. The highest BCUT2D eigenvalue weighted by Crippen LogP contribution is 2.22. The van der Waals surface area contributed by atoms with Crippen molar-refractivity contribution in [3.63, 3.8) is 0 Å². The van der Waals surface area contributed by atoms with Gasteiger partial charge in [-0.3, -0.25) is 4.90 Å². The third kappa shape index (κ3) is 4.27. The zero-order chi connectivity index (χ0) is 12.9. The Kier molecular flexibility index (Phi) is 5.38. The molecule has 0 aromatic carbocycles. The predicted octanol–water partition coefficient (Wildman–Crippen LogP) is 1.66. The number of hydrogen-bond acceptors (Lipinski definition) is 4. The zero-order valence-electron chi connectivity index (χ0n) is 11.4. The van der Waals surface area contributed by atoms with Gasteiger partial charge >= 0.3 is 0 Å². The van der Waals surface area contributed by atoms with Gasteiger partial charge in [0.15, 0.2) is 0 Å². The van der Waals surface area contributed by atoms with E-state index >= 15 is 0 Å². The van der Waals surface area contributed by atoms with Crippen molar-refractivity contribution in [1.82, 2.24) is 4.90 Å². The van der Waals surface area contributed by atoms with Gasteiger partial charge in [0.25, 0.3) is 0 Å². The highest BCUT2D eigenvalue weighted by molar-refractivity contribution is 4.92. The first-order chi connectivity index (χ1) is 8.02. The minimum Gasteiger partial charge on any atom is -0.377 e. The Morgan fingerprint density at radius 2 is 1.76 bits per heavy atom. The second-order valence-corrected chi connectivity index (χ2v) is 5.41. The molecule has 0 aromatic rings. The molecule has 2 unspecified atom stereocenters. The fourth-order valence-electron chi connectivity index (χ4n) is 2.25. The van der Waals surface area contributed by atoms with Gasteiger partial charge < -0.3 is 9.47 Å². The molecule has 0 spiro atoms. The molecule has 0 radical (unpaired) electrons. The Bertz CT molecular complexity index is 261. The number of ether oxygens (including phenoxy) is 2. The molecule has 1 fully saturated rings. The van der Waals surface area contributed by atoms with Gasteiger partial charge in [-0.15, -0.1) is 0 Å². The van der Waals surface area contributed by atoms with Crippen LogP contribution in [0.1, 0.15) is 26.7 Å². The Morgan fingerprint density at radius 3 is 2.18 bits per heavy atom. The van der Waals surface area contributed by atoms with Crippen molar-refractivity contribution in [2.24, 2.45) is 5.41 Å². The van der Waals surface area contributed by atoms with Crippen molar-refractivity contribution in [1.29, 1.82) is 5.26 Å². The molecule has 1 rings (SSSR count). The molecule has 0 N–H and O–H groups in total. The Hall–Kier alpha value is -0.630. The highest BCUT2D eigenvalue weighted by atomic mass is 16.5. The van der Waals surface area contributed by atoms with E-state index in [-0.39, 0.29) is 17.6 Å². The fraction of sp³-hybridized carbons (Fsp3) is 0.923. The molecule has 0 amide bonds. The monoisotopic (exact) mass is 240 g/mol. The molecule has 0 saturated carbocycles. The maximum Gasteiger partial charge on any atom is 0.0971 e. The molecule has 0 aromatic heterocycles. The second kappa shape index (κ2) is 6.34. The van der Waals surface area contributed by atoms with Crippen molar-refractivity contribution in [2.75, 3.05) is 33.9 Å². The number of likely N-dealkylation sites (tertiary alicyclic amines) is 1. The number of methoxy groups -OCH3 is 2. The standard InChI is InChI=1S/C13H24N2O2/c1-13(2,10-14)6-5-7-15-8-11(16-3)12(9-15)17-4/h11-12H,5-9H2,1-4H3. The zero-order valence-corrected chi connectivity index (χ0v) is 11.4. The summed E-state index contributed by atoms with van der Waals surface area (Å²) in [6, 6.07) is 2.34. The SMILES string of the molecule is COC1CN(CCCC(C)(C)C#N)CC1OC. The summed E-state index contributed by atoms with van der Waals surface area (Å²) < 4.78 is 10.8. The van der Waals surface area contributed by atoms with Crippen LogP contribution in [0.15, 0.2) is 0 Å². The third-order valence-electron chi connectivity index (χ3n) is 3.48. The summed E-state index contributed by atoms with van der Waals surface area (Å²) in [6.07, 6.45) is 2.36. The average Bonchev–Trinajstić information content (AvgIpc) is 2.71. The molecule has 1 heterocycles. The highest BCUT2D eigenvalue weighted by Gasteiger charge is 2.32. The molecule has 98 valence electrons. The first-order valence-electron chi connectivity index (χ1n) is 6.21. The van der Waals surface area contributed by atoms with Gasteiger partial charge in [-0.25, -0.2) is 0 Å². The molecule has 4 heteroatoms. The maximum atomic E-state index is 8.94. The van der Waals surface area contributed by atoms with Crippen molar-refractivity contribution in [3.05, 3.63) is 0 Å². The smallest absolute Gasteiger partial charge is 0.0971 e. The van der Waals surface area contributed by atoms with Gasteiger partial charge in [-0.2, -0.15) is 5.26 Å². The van der Waals surface area contributed by atoms with E-state index in [4.69, 9.17) is 14.7 Å². The van der Waals surface area contributed by atoms with Crippen LogP contribution in [0.4, 0.5) is 0 Å². The quantitative estimate of drug-likeness (QED) is 0.708. The van der Waals surface area contributed by atoms with Crippen LogP contribution in [0.25, 0.3) is 0 Å². The van der Waals surface area contributed by atoms with Crippen LogP contribution < -0.4 is 0 Å². The van der Waals surface area contributed by atoms with Crippen molar-refractivity contribution < 1.29 is 9.47 Å². The number of rotatable bonds is 6. The van der Waals surface area contributed by atoms with Crippen molar-refractivity contribution in [3.8, 4) is 6.07 Å². The summed E-state index contributed by atoms with van der Waals surface area (Å²) in [5.41, 5.74) is -0.207. The van der Waals surface area contributed by atoms with E-state index in [9.17, 15) is 0 Å². The van der Waals surface area contributed by atoms with Crippen LogP contribution in [-0.2, 0) is 9.47 Å². The summed E-state index contributed by atoms with van der Waals surface area (Å²) in [7, 11) is 3.47. The first-order valence-corrected chi connectivity index (χ1v) is 6.21. The second-order valence-electron chi connectivity index (χ2n) is 5.41. The summed E-state index contributed by atoms with van der Waals surface area (Å²) in [5.74, 6) is 0. The summed E-state index contributed by atoms with van der Waals surface area (Å²) in [5, 5.41) is 8.94. The largest absolute Gasteiger partial charge is 0.377 e. The van der Waals surface area contributed by atoms with Gasteiger partial charge in [0.05, 0.1) is 23.7 Å². The van der Waals surface area contributed by atoms with Crippen molar-refractivity contribution >= 4 is 0 Å². The van der Waals surface area contributed by atoms with Gasteiger partial charge in [0.1, 0.15) is 0 Å². The van der Waals surface area contributed by atoms with E-state index in [1.807, 2.05) is 13.8 Å².